The van der Waals surface area contributed by atoms with Crippen LogP contribution in [0.25, 0.3) is 0 Å². The summed E-state index contributed by atoms with van der Waals surface area (Å²) in [5.41, 5.74) is 4.95. The second-order valence-electron chi connectivity index (χ2n) is 5.88. The molecule has 0 radical (unpaired) electrons. The maximum atomic E-state index is 13.3. The van der Waals surface area contributed by atoms with Crippen LogP contribution in [0.1, 0.15) is 13.8 Å². The maximum Gasteiger partial charge on any atom is 0.244 e. The predicted octanol–water partition coefficient (Wildman–Crippen LogP) is 1.78. The highest BCUT2D eigenvalue weighted by molar-refractivity contribution is 7.89. The monoisotopic (exact) mass is 335 g/mol. The van der Waals surface area contributed by atoms with Crippen molar-refractivity contribution >= 4 is 27.3 Å². The molecule has 1 fully saturated rings. The summed E-state index contributed by atoms with van der Waals surface area (Å²) in [6.07, 6.45) is 0. The summed E-state index contributed by atoms with van der Waals surface area (Å²) >= 11 is 5.89. The van der Waals surface area contributed by atoms with E-state index in [0.29, 0.717) is 19.6 Å². The van der Waals surface area contributed by atoms with Crippen LogP contribution in [0.3, 0.4) is 0 Å². The lowest BCUT2D eigenvalue weighted by molar-refractivity contribution is 0.0801. The van der Waals surface area contributed by atoms with Gasteiger partial charge in [0.1, 0.15) is 10.7 Å². The molecule has 8 heteroatoms. The molecule has 1 aliphatic rings. The quantitative estimate of drug-likeness (QED) is 0.837. The predicted molar refractivity (Wildman–Crippen MR) is 81.3 cm³/mol. The first kappa shape index (κ1) is 16.5. The molecule has 2 rings (SSSR count). The van der Waals surface area contributed by atoms with Crippen LogP contribution in [0.2, 0.25) is 5.02 Å². The van der Waals surface area contributed by atoms with E-state index in [-0.39, 0.29) is 21.1 Å². The van der Waals surface area contributed by atoms with Crippen molar-refractivity contribution < 1.29 is 12.8 Å². The second-order valence-corrected chi connectivity index (χ2v) is 8.19. The average Bonchev–Trinajstić information content (AvgIpc) is 2.36. The molecule has 0 bridgehead atoms. The molecule has 1 aliphatic heterocycles. The van der Waals surface area contributed by atoms with Crippen molar-refractivity contribution in [2.75, 3.05) is 32.4 Å². The van der Waals surface area contributed by atoms with E-state index < -0.39 is 15.8 Å². The fraction of sp³-hybridized carbons (Fsp3) is 0.538. The van der Waals surface area contributed by atoms with Gasteiger partial charge in [-0.3, -0.25) is 4.90 Å². The first-order valence-electron chi connectivity index (χ1n) is 6.51. The van der Waals surface area contributed by atoms with Gasteiger partial charge in [-0.05, 0) is 33.0 Å². The smallest absolute Gasteiger partial charge is 0.244 e. The van der Waals surface area contributed by atoms with E-state index >= 15 is 0 Å². The molecule has 0 saturated carbocycles. The van der Waals surface area contributed by atoms with Gasteiger partial charge in [-0.2, -0.15) is 4.31 Å². The summed E-state index contributed by atoms with van der Waals surface area (Å²) in [6.45, 7) is 5.24. The Morgan fingerprint density at radius 3 is 2.52 bits per heavy atom. The summed E-state index contributed by atoms with van der Waals surface area (Å²) in [5.74, 6) is -0.724. The number of nitrogens with two attached hydrogens (primary N) is 1. The fourth-order valence-electron chi connectivity index (χ4n) is 2.28. The number of sulfonamides is 1. The van der Waals surface area contributed by atoms with Crippen LogP contribution in [0.15, 0.2) is 17.0 Å². The lowest BCUT2D eigenvalue weighted by atomic mass is 10.0. The van der Waals surface area contributed by atoms with E-state index in [2.05, 4.69) is 4.90 Å². The topological polar surface area (TPSA) is 66.6 Å². The molecule has 21 heavy (non-hydrogen) atoms. The third kappa shape index (κ3) is 3.01. The summed E-state index contributed by atoms with van der Waals surface area (Å²) in [4.78, 5) is 1.95. The third-order valence-electron chi connectivity index (χ3n) is 3.95. The Kier molecular flexibility index (Phi) is 4.23. The minimum atomic E-state index is -3.80. The molecule has 0 spiro atoms. The van der Waals surface area contributed by atoms with Gasteiger partial charge in [0.2, 0.25) is 10.0 Å². The van der Waals surface area contributed by atoms with Crippen LogP contribution in [0.4, 0.5) is 10.1 Å². The highest BCUT2D eigenvalue weighted by Gasteiger charge is 2.38. The summed E-state index contributed by atoms with van der Waals surface area (Å²) in [7, 11) is -1.85. The molecule has 118 valence electrons. The third-order valence-corrected chi connectivity index (χ3v) is 6.26. The number of hydrogen-bond acceptors (Lipinski definition) is 4. The Hall–Kier alpha value is -0.890. The summed E-state index contributed by atoms with van der Waals surface area (Å²) in [6, 6.07) is 2.02. The lowest BCUT2D eigenvalue weighted by Crippen LogP contribution is -2.58. The van der Waals surface area contributed by atoms with Gasteiger partial charge in [0.15, 0.2) is 0 Å². The number of likely N-dealkylation sites (N-methyl/N-ethyl adjacent to an activating group) is 1. The minimum Gasteiger partial charge on any atom is -0.396 e. The molecule has 1 aromatic carbocycles. The van der Waals surface area contributed by atoms with Gasteiger partial charge in [0.25, 0.3) is 0 Å². The second kappa shape index (κ2) is 5.39. The molecule has 0 aliphatic carbocycles. The standard InChI is InChI=1S/C13H19ClFN3O2S/c1-13(2)8-18(5-4-17(13)3)21(19,20)12-7-11(16)10(15)6-9(12)14/h6-7H,4-5,8,16H2,1-3H3. The van der Waals surface area contributed by atoms with Gasteiger partial charge >= 0.3 is 0 Å². The number of piperazine rings is 1. The number of hydrogen-bond donors (Lipinski definition) is 1. The Balaban J connectivity index is 2.42. The highest BCUT2D eigenvalue weighted by atomic mass is 35.5. The molecule has 1 saturated heterocycles. The van der Waals surface area contributed by atoms with Crippen LogP contribution in [0.5, 0.6) is 0 Å². The normalized spacial score (nSPS) is 20.6. The van der Waals surface area contributed by atoms with Crippen molar-refractivity contribution in [3.05, 3.63) is 23.0 Å². The van der Waals surface area contributed by atoms with Crippen LogP contribution in [0, 0.1) is 5.82 Å². The molecule has 1 aromatic rings. The Morgan fingerprint density at radius 1 is 1.33 bits per heavy atom. The van der Waals surface area contributed by atoms with E-state index in [1.165, 1.54) is 4.31 Å². The summed E-state index contributed by atoms with van der Waals surface area (Å²) < 4.78 is 40.1. The van der Waals surface area contributed by atoms with E-state index in [1.54, 1.807) is 0 Å². The van der Waals surface area contributed by atoms with E-state index in [4.69, 9.17) is 17.3 Å². The van der Waals surface area contributed by atoms with Crippen molar-refractivity contribution in [1.82, 2.24) is 9.21 Å². The fourth-order valence-corrected chi connectivity index (χ4v) is 4.39. The molecule has 0 aromatic heterocycles. The Morgan fingerprint density at radius 2 is 1.95 bits per heavy atom. The van der Waals surface area contributed by atoms with Crippen LogP contribution in [-0.4, -0.2) is 49.8 Å². The van der Waals surface area contributed by atoms with Gasteiger partial charge in [-0.1, -0.05) is 11.6 Å². The van der Waals surface area contributed by atoms with Crippen LogP contribution in [-0.2, 0) is 10.0 Å². The van der Waals surface area contributed by atoms with Gasteiger partial charge in [0.05, 0.1) is 10.7 Å². The van der Waals surface area contributed by atoms with Crippen molar-refractivity contribution in [1.29, 1.82) is 0 Å². The number of anilines is 1. The van der Waals surface area contributed by atoms with Crippen molar-refractivity contribution in [2.45, 2.75) is 24.3 Å². The molecule has 2 N–H and O–H groups in total. The molecular weight excluding hydrogens is 317 g/mol. The van der Waals surface area contributed by atoms with Crippen molar-refractivity contribution in [3.8, 4) is 0 Å². The van der Waals surface area contributed by atoms with Gasteiger partial charge in [-0.25, -0.2) is 12.8 Å². The lowest BCUT2D eigenvalue weighted by Gasteiger charge is -2.44. The summed E-state index contributed by atoms with van der Waals surface area (Å²) in [5, 5.41) is -0.154. The Labute approximate surface area is 129 Å². The number of nitrogens with zero attached hydrogens (tertiary/aromatic N) is 2. The molecule has 0 unspecified atom stereocenters. The van der Waals surface area contributed by atoms with Gasteiger partial charge < -0.3 is 5.73 Å². The largest absolute Gasteiger partial charge is 0.396 e. The SMILES string of the molecule is CN1CCN(S(=O)(=O)c2cc(N)c(F)cc2Cl)CC1(C)C. The maximum absolute atomic E-state index is 13.3. The zero-order valence-corrected chi connectivity index (χ0v) is 13.8. The number of halogens is 2. The molecule has 0 amide bonds. The Bertz CT molecular complexity index is 664. The van der Waals surface area contributed by atoms with Crippen molar-refractivity contribution in [3.63, 3.8) is 0 Å². The average molecular weight is 336 g/mol. The zero-order chi connectivity index (χ0) is 16.0. The zero-order valence-electron chi connectivity index (χ0n) is 12.2. The van der Waals surface area contributed by atoms with E-state index in [0.717, 1.165) is 12.1 Å². The first-order valence-corrected chi connectivity index (χ1v) is 8.33. The highest BCUT2D eigenvalue weighted by Crippen LogP contribution is 2.31. The number of benzene rings is 1. The van der Waals surface area contributed by atoms with E-state index in [9.17, 15) is 12.8 Å². The number of rotatable bonds is 2. The molecule has 0 atom stereocenters. The van der Waals surface area contributed by atoms with Gasteiger partial charge in [-0.15, -0.1) is 0 Å². The van der Waals surface area contributed by atoms with Crippen LogP contribution >= 0.6 is 11.6 Å². The molecule has 1 heterocycles. The first-order chi connectivity index (χ1) is 9.55. The minimum absolute atomic E-state index is 0.150. The van der Waals surface area contributed by atoms with Gasteiger partial charge in [0, 0.05) is 25.2 Å². The molecule has 5 nitrogen and oxygen atoms in total. The number of nitrogen functional groups attached to an aromatic ring is 1. The van der Waals surface area contributed by atoms with Crippen molar-refractivity contribution in [2.24, 2.45) is 0 Å². The van der Waals surface area contributed by atoms with E-state index in [1.807, 2.05) is 20.9 Å². The van der Waals surface area contributed by atoms with Crippen LogP contribution < -0.4 is 5.73 Å². The molecular formula is C13H19ClFN3O2S.